The Hall–Kier alpha value is -1.31. The minimum Gasteiger partial charge on any atom is -0.481 e. The summed E-state index contributed by atoms with van der Waals surface area (Å²) < 4.78 is 0. The summed E-state index contributed by atoms with van der Waals surface area (Å²) >= 11 is 0. The average Bonchev–Trinajstić information content (AvgIpc) is 2.50. The van der Waals surface area contributed by atoms with Crippen LogP contribution in [0, 0.1) is 0 Å². The number of hydrogen-bond donors (Lipinski definition) is 1. The fourth-order valence-electron chi connectivity index (χ4n) is 2.25. The van der Waals surface area contributed by atoms with Crippen molar-refractivity contribution in [3.05, 3.63) is 36.5 Å². The van der Waals surface area contributed by atoms with Gasteiger partial charge >= 0.3 is 5.97 Å². The van der Waals surface area contributed by atoms with Crippen molar-refractivity contribution >= 4 is 5.97 Å². The van der Waals surface area contributed by atoms with Crippen molar-refractivity contribution in [3.8, 4) is 0 Å². The lowest BCUT2D eigenvalue weighted by Gasteiger charge is -2.00. The molecule has 0 aromatic carbocycles. The number of carboxylic acids is 1. The largest absolute Gasteiger partial charge is 0.481 e. The van der Waals surface area contributed by atoms with Crippen LogP contribution in [-0.2, 0) is 4.79 Å². The monoisotopic (exact) mass is 306 g/mol. The molecular weight excluding hydrogens is 272 g/mol. The molecule has 2 nitrogen and oxygen atoms in total. The molecular formula is C20H34O2. The average molecular weight is 306 g/mol. The fourth-order valence-corrected chi connectivity index (χ4v) is 2.25. The van der Waals surface area contributed by atoms with Gasteiger partial charge in [-0.1, -0.05) is 75.5 Å². The molecule has 0 radical (unpaired) electrons. The minimum absolute atomic E-state index is 0.328. The molecule has 0 aliphatic rings. The Morgan fingerprint density at radius 2 is 1.23 bits per heavy atom. The standard InChI is InChI=1S/C20H34O2/c1-2-3-4-5-6-7-8-9-10-11-12-13-14-15-16-17-18-19-20(21)22/h3-4,6-7,9-10H,2,5,8,11-19H2,1H3,(H,21,22). The first-order valence-electron chi connectivity index (χ1n) is 8.94. The lowest BCUT2D eigenvalue weighted by molar-refractivity contribution is -0.137. The second kappa shape index (κ2) is 17.7. The molecule has 1 N–H and O–H groups in total. The Morgan fingerprint density at radius 3 is 1.82 bits per heavy atom. The minimum atomic E-state index is -0.668. The summed E-state index contributed by atoms with van der Waals surface area (Å²) in [6.07, 6.45) is 26.3. The lowest BCUT2D eigenvalue weighted by atomic mass is 10.1. The summed E-state index contributed by atoms with van der Waals surface area (Å²) in [4.78, 5) is 10.3. The first-order valence-corrected chi connectivity index (χ1v) is 8.94. The highest BCUT2D eigenvalue weighted by atomic mass is 16.4. The second-order valence-electron chi connectivity index (χ2n) is 5.70. The van der Waals surface area contributed by atoms with E-state index >= 15 is 0 Å². The molecule has 0 unspecified atom stereocenters. The van der Waals surface area contributed by atoms with Crippen LogP contribution in [0.4, 0.5) is 0 Å². The predicted molar refractivity (Wildman–Crippen MR) is 96.1 cm³/mol. The third-order valence-electron chi connectivity index (χ3n) is 3.54. The van der Waals surface area contributed by atoms with E-state index in [4.69, 9.17) is 5.11 Å². The van der Waals surface area contributed by atoms with Crippen LogP contribution in [0.5, 0.6) is 0 Å². The highest BCUT2D eigenvalue weighted by Crippen LogP contribution is 2.10. The van der Waals surface area contributed by atoms with E-state index in [9.17, 15) is 4.79 Å². The number of rotatable bonds is 15. The van der Waals surface area contributed by atoms with Crippen molar-refractivity contribution in [3.63, 3.8) is 0 Å². The maximum absolute atomic E-state index is 10.3. The van der Waals surface area contributed by atoms with Gasteiger partial charge in [0.05, 0.1) is 0 Å². The van der Waals surface area contributed by atoms with Crippen molar-refractivity contribution < 1.29 is 9.90 Å². The van der Waals surface area contributed by atoms with Crippen LogP contribution >= 0.6 is 0 Å². The van der Waals surface area contributed by atoms with E-state index in [-0.39, 0.29) is 0 Å². The molecule has 0 bridgehead atoms. The SMILES string of the molecule is CCC=CCC=CCC=CCCCCCCCCCC(=O)O. The number of aliphatic carboxylic acids is 1. The zero-order valence-electron chi connectivity index (χ0n) is 14.3. The first-order chi connectivity index (χ1) is 10.8. The van der Waals surface area contributed by atoms with Crippen LogP contribution in [0.3, 0.4) is 0 Å². The van der Waals surface area contributed by atoms with Crippen molar-refractivity contribution in [2.45, 2.75) is 84.0 Å². The van der Waals surface area contributed by atoms with Gasteiger partial charge in [0.15, 0.2) is 0 Å². The zero-order chi connectivity index (χ0) is 16.3. The molecule has 0 fully saturated rings. The van der Waals surface area contributed by atoms with Crippen LogP contribution in [-0.4, -0.2) is 11.1 Å². The molecule has 126 valence electrons. The molecule has 0 aliphatic heterocycles. The third-order valence-corrected chi connectivity index (χ3v) is 3.54. The molecule has 0 aliphatic carbocycles. The molecule has 22 heavy (non-hydrogen) atoms. The quantitative estimate of drug-likeness (QED) is 0.279. The molecule has 2 heteroatoms. The van der Waals surface area contributed by atoms with Crippen molar-refractivity contribution in [1.29, 1.82) is 0 Å². The molecule has 0 saturated heterocycles. The summed E-state index contributed by atoms with van der Waals surface area (Å²) in [6, 6.07) is 0. The third kappa shape index (κ3) is 18.7. The predicted octanol–water partition coefficient (Wildman–Crippen LogP) is 6.44. The number of unbranched alkanes of at least 4 members (excludes halogenated alkanes) is 7. The highest BCUT2D eigenvalue weighted by molar-refractivity contribution is 5.66. The Kier molecular flexibility index (Phi) is 16.7. The van der Waals surface area contributed by atoms with Crippen LogP contribution in [0.2, 0.25) is 0 Å². The summed E-state index contributed by atoms with van der Waals surface area (Å²) in [7, 11) is 0. The molecule has 0 amide bonds. The van der Waals surface area contributed by atoms with Gasteiger partial charge in [0.25, 0.3) is 0 Å². The van der Waals surface area contributed by atoms with Crippen molar-refractivity contribution in [2.24, 2.45) is 0 Å². The van der Waals surface area contributed by atoms with Gasteiger partial charge < -0.3 is 5.11 Å². The zero-order valence-corrected chi connectivity index (χ0v) is 14.3. The van der Waals surface area contributed by atoms with Crippen LogP contribution in [0.25, 0.3) is 0 Å². The van der Waals surface area contributed by atoms with E-state index in [1.165, 1.54) is 38.5 Å². The van der Waals surface area contributed by atoms with Gasteiger partial charge in [0.2, 0.25) is 0 Å². The van der Waals surface area contributed by atoms with E-state index in [0.29, 0.717) is 6.42 Å². The Labute approximate surface area is 137 Å². The van der Waals surface area contributed by atoms with E-state index < -0.39 is 5.97 Å². The van der Waals surface area contributed by atoms with Crippen LogP contribution < -0.4 is 0 Å². The topological polar surface area (TPSA) is 37.3 Å². The van der Waals surface area contributed by atoms with Crippen LogP contribution in [0.1, 0.15) is 84.0 Å². The summed E-state index contributed by atoms with van der Waals surface area (Å²) in [6.45, 7) is 2.16. The van der Waals surface area contributed by atoms with Crippen molar-refractivity contribution in [2.75, 3.05) is 0 Å². The number of allylic oxidation sites excluding steroid dienone is 6. The van der Waals surface area contributed by atoms with E-state index in [1.807, 2.05) is 0 Å². The van der Waals surface area contributed by atoms with Gasteiger partial charge in [-0.05, 0) is 38.5 Å². The first kappa shape index (κ1) is 20.7. The highest BCUT2D eigenvalue weighted by Gasteiger charge is 1.96. The van der Waals surface area contributed by atoms with Crippen molar-refractivity contribution in [1.82, 2.24) is 0 Å². The lowest BCUT2D eigenvalue weighted by Crippen LogP contribution is -1.93. The smallest absolute Gasteiger partial charge is 0.303 e. The molecule has 0 spiro atoms. The summed E-state index contributed by atoms with van der Waals surface area (Å²) in [5, 5.41) is 8.53. The molecule has 0 aromatic rings. The molecule has 0 rings (SSSR count). The Morgan fingerprint density at radius 1 is 0.727 bits per heavy atom. The van der Waals surface area contributed by atoms with Crippen LogP contribution in [0.15, 0.2) is 36.5 Å². The number of carbonyl (C=O) groups is 1. The summed E-state index contributed by atoms with van der Waals surface area (Å²) in [5.41, 5.74) is 0. The summed E-state index contributed by atoms with van der Waals surface area (Å²) in [5.74, 6) is -0.668. The number of carboxylic acid groups (broad SMARTS) is 1. The Balaban J connectivity index is 3.20. The van der Waals surface area contributed by atoms with Gasteiger partial charge in [0.1, 0.15) is 0 Å². The van der Waals surface area contributed by atoms with E-state index in [1.54, 1.807) is 0 Å². The van der Waals surface area contributed by atoms with Gasteiger partial charge in [-0.15, -0.1) is 0 Å². The fraction of sp³-hybridized carbons (Fsp3) is 0.650. The second-order valence-corrected chi connectivity index (χ2v) is 5.70. The molecule has 0 atom stereocenters. The molecule has 0 saturated carbocycles. The molecule has 0 heterocycles. The maximum atomic E-state index is 10.3. The van der Waals surface area contributed by atoms with Gasteiger partial charge in [-0.25, -0.2) is 0 Å². The van der Waals surface area contributed by atoms with Gasteiger partial charge in [-0.3, -0.25) is 4.79 Å². The maximum Gasteiger partial charge on any atom is 0.303 e. The number of hydrogen-bond acceptors (Lipinski definition) is 1. The van der Waals surface area contributed by atoms with Gasteiger partial charge in [-0.2, -0.15) is 0 Å². The normalized spacial score (nSPS) is 12.0. The van der Waals surface area contributed by atoms with E-state index in [0.717, 1.165) is 32.1 Å². The van der Waals surface area contributed by atoms with E-state index in [2.05, 4.69) is 43.4 Å². The van der Waals surface area contributed by atoms with Gasteiger partial charge in [0, 0.05) is 6.42 Å². The molecule has 0 aromatic heterocycles. The Bertz CT molecular complexity index is 327.